The number of amides is 1. The highest BCUT2D eigenvalue weighted by Gasteiger charge is 2.28. The number of carbonyl (C=O) groups excluding carboxylic acids is 2. The molecule has 28 heavy (non-hydrogen) atoms. The van der Waals surface area contributed by atoms with E-state index >= 15 is 0 Å². The molecule has 144 valence electrons. The van der Waals surface area contributed by atoms with Gasteiger partial charge in [0.15, 0.2) is 0 Å². The summed E-state index contributed by atoms with van der Waals surface area (Å²) in [6.45, 7) is 2.00. The number of nitrogens with zero attached hydrogens (tertiary/aromatic N) is 2. The molecule has 3 aromatic rings. The van der Waals surface area contributed by atoms with Gasteiger partial charge >= 0.3 is 0 Å². The Morgan fingerprint density at radius 2 is 1.86 bits per heavy atom. The average Bonchev–Trinajstić information content (AvgIpc) is 2.70. The van der Waals surface area contributed by atoms with Gasteiger partial charge in [-0.05, 0) is 36.6 Å². The first-order valence-electron chi connectivity index (χ1n) is 9.25. The predicted octanol–water partition coefficient (Wildman–Crippen LogP) is 3.09. The molecule has 0 aliphatic heterocycles. The van der Waals surface area contributed by atoms with E-state index in [1.807, 2.05) is 56.3 Å². The lowest BCUT2D eigenvalue weighted by Crippen LogP contribution is -2.36. The lowest BCUT2D eigenvalue weighted by Gasteiger charge is -2.29. The molecule has 6 nitrogen and oxygen atoms in total. The summed E-state index contributed by atoms with van der Waals surface area (Å²) in [7, 11) is 1.84. The van der Waals surface area contributed by atoms with E-state index in [9.17, 15) is 9.59 Å². The van der Waals surface area contributed by atoms with Crippen molar-refractivity contribution in [2.24, 2.45) is 5.92 Å². The number of hydrogen-bond donors (Lipinski definition) is 1. The van der Waals surface area contributed by atoms with Crippen LogP contribution < -0.4 is 10.5 Å². The molecule has 1 saturated carbocycles. The summed E-state index contributed by atoms with van der Waals surface area (Å²) in [6.07, 6.45) is 3.73. The molecule has 0 radical (unpaired) electrons. The van der Waals surface area contributed by atoms with Crippen molar-refractivity contribution in [1.82, 2.24) is 10.2 Å². The molecule has 1 aliphatic carbocycles. The van der Waals surface area contributed by atoms with Gasteiger partial charge in [-0.1, -0.05) is 36.8 Å². The number of H-pyrrole nitrogens is 1. The van der Waals surface area contributed by atoms with Crippen molar-refractivity contribution in [2.45, 2.75) is 25.7 Å². The highest BCUT2D eigenvalue weighted by atomic mass is 16.2. The molecule has 0 saturated heterocycles. The number of aromatic nitrogens is 2. The van der Waals surface area contributed by atoms with Gasteiger partial charge in [0, 0.05) is 30.5 Å². The predicted molar refractivity (Wildman–Crippen MR) is 109 cm³/mol. The Kier molecular flexibility index (Phi) is 5.99. The van der Waals surface area contributed by atoms with Crippen LogP contribution in [0.4, 0.5) is 5.69 Å². The number of fused-ring (bicyclic) bond motifs is 1. The van der Waals surface area contributed by atoms with E-state index in [1.165, 1.54) is 0 Å². The molecule has 1 fully saturated rings. The van der Waals surface area contributed by atoms with Crippen molar-refractivity contribution in [3.63, 3.8) is 0 Å². The first-order chi connectivity index (χ1) is 13.6. The maximum absolute atomic E-state index is 12.5. The number of benzene rings is 2. The minimum absolute atomic E-state index is 0.175. The molecule has 0 spiro atoms. The van der Waals surface area contributed by atoms with E-state index in [0.29, 0.717) is 11.8 Å². The third-order valence-corrected chi connectivity index (χ3v) is 5.23. The van der Waals surface area contributed by atoms with Crippen molar-refractivity contribution >= 4 is 29.2 Å². The lowest BCUT2D eigenvalue weighted by atomic mass is 9.84. The van der Waals surface area contributed by atoms with Crippen LogP contribution in [-0.2, 0) is 16.0 Å². The molecule has 1 N–H and O–H groups in total. The van der Waals surface area contributed by atoms with Crippen molar-refractivity contribution < 1.29 is 9.59 Å². The fourth-order valence-electron chi connectivity index (χ4n) is 3.43. The molecule has 0 atom stereocenters. The van der Waals surface area contributed by atoms with Gasteiger partial charge in [0.2, 0.25) is 5.91 Å². The van der Waals surface area contributed by atoms with Crippen molar-refractivity contribution in [3.05, 3.63) is 70.1 Å². The Balaban J connectivity index is 0.00000109. The number of hydrogen-bond acceptors (Lipinski definition) is 4. The third-order valence-electron chi connectivity index (χ3n) is 5.23. The molecule has 1 amide bonds. The normalized spacial score (nSPS) is 13.3. The molecule has 1 heterocycles. The minimum Gasteiger partial charge on any atom is -0.315 e. The Labute approximate surface area is 163 Å². The summed E-state index contributed by atoms with van der Waals surface area (Å²) in [6, 6.07) is 15.5. The van der Waals surface area contributed by atoms with Gasteiger partial charge in [0.25, 0.3) is 5.56 Å². The van der Waals surface area contributed by atoms with Crippen molar-refractivity contribution in [2.75, 3.05) is 11.9 Å². The Bertz CT molecular complexity index is 1040. The molecule has 1 aliphatic rings. The molecule has 2 aromatic carbocycles. The molecule has 6 heteroatoms. The summed E-state index contributed by atoms with van der Waals surface area (Å²) in [4.78, 5) is 34.2. The van der Waals surface area contributed by atoms with E-state index in [0.717, 1.165) is 41.6 Å². The summed E-state index contributed by atoms with van der Waals surface area (Å²) in [5, 5.41) is 8.33. The Morgan fingerprint density at radius 3 is 2.54 bits per heavy atom. The highest BCUT2D eigenvalue weighted by Crippen LogP contribution is 2.30. The van der Waals surface area contributed by atoms with Crippen LogP contribution >= 0.6 is 0 Å². The van der Waals surface area contributed by atoms with Gasteiger partial charge < -0.3 is 9.69 Å². The second-order valence-electron chi connectivity index (χ2n) is 6.92. The standard InChI is InChI=1S/C21H21N3O2.CH2O/c1-24(21(26)15-7-5-8-15)16-9-4-6-14(12-16)13-19-17-10-2-3-11-18(17)20(25)23-22-19;1-2/h2-4,6,9-12,15H,5,7-8,13H2,1H3,(H,23,25);1H2. The second kappa shape index (κ2) is 8.61. The van der Waals surface area contributed by atoms with E-state index < -0.39 is 0 Å². The van der Waals surface area contributed by atoms with Gasteiger partial charge in [-0.2, -0.15) is 5.10 Å². The van der Waals surface area contributed by atoms with Gasteiger partial charge in [0.1, 0.15) is 6.79 Å². The largest absolute Gasteiger partial charge is 0.315 e. The number of aromatic amines is 1. The van der Waals surface area contributed by atoms with Gasteiger partial charge in [0.05, 0.1) is 11.1 Å². The smallest absolute Gasteiger partial charge is 0.272 e. The van der Waals surface area contributed by atoms with E-state index in [4.69, 9.17) is 4.79 Å². The second-order valence-corrected chi connectivity index (χ2v) is 6.92. The molecule has 1 aromatic heterocycles. The fraction of sp³-hybridized carbons (Fsp3) is 0.273. The van der Waals surface area contributed by atoms with Crippen LogP contribution in [0.15, 0.2) is 53.3 Å². The summed E-state index contributed by atoms with van der Waals surface area (Å²) in [5.41, 5.74) is 2.60. The molecule has 4 rings (SSSR count). The zero-order chi connectivity index (χ0) is 20.1. The SMILES string of the molecule is C=O.CN(C(=O)C1CCC1)c1cccc(Cc2n[nH]c(=O)c3ccccc23)c1. The average molecular weight is 377 g/mol. The summed E-state index contributed by atoms with van der Waals surface area (Å²) in [5.74, 6) is 0.370. The van der Waals surface area contributed by atoms with E-state index in [-0.39, 0.29) is 17.4 Å². The van der Waals surface area contributed by atoms with E-state index in [1.54, 1.807) is 11.0 Å². The Hall–Kier alpha value is -3.28. The topological polar surface area (TPSA) is 83.1 Å². The van der Waals surface area contributed by atoms with E-state index in [2.05, 4.69) is 10.2 Å². The minimum atomic E-state index is -0.177. The number of anilines is 1. The van der Waals surface area contributed by atoms with Crippen LogP contribution in [0, 0.1) is 5.92 Å². The number of rotatable bonds is 4. The monoisotopic (exact) mass is 377 g/mol. The van der Waals surface area contributed by atoms with Crippen LogP contribution in [0.2, 0.25) is 0 Å². The molecular weight excluding hydrogens is 354 g/mol. The third kappa shape index (κ3) is 3.86. The van der Waals surface area contributed by atoms with Crippen LogP contribution in [-0.4, -0.2) is 29.9 Å². The van der Waals surface area contributed by atoms with Crippen molar-refractivity contribution in [3.8, 4) is 0 Å². The fourth-order valence-corrected chi connectivity index (χ4v) is 3.43. The van der Waals surface area contributed by atoms with Crippen molar-refractivity contribution in [1.29, 1.82) is 0 Å². The zero-order valence-corrected chi connectivity index (χ0v) is 15.9. The van der Waals surface area contributed by atoms with Crippen LogP contribution in [0.1, 0.15) is 30.5 Å². The van der Waals surface area contributed by atoms with Gasteiger partial charge in [-0.15, -0.1) is 0 Å². The van der Waals surface area contributed by atoms with Gasteiger partial charge in [-0.25, -0.2) is 5.10 Å². The maximum Gasteiger partial charge on any atom is 0.272 e. The number of carbonyl (C=O) groups is 2. The molecule has 0 bridgehead atoms. The quantitative estimate of drug-likeness (QED) is 0.757. The van der Waals surface area contributed by atoms with Crippen LogP contribution in [0.25, 0.3) is 10.8 Å². The van der Waals surface area contributed by atoms with Crippen LogP contribution in [0.5, 0.6) is 0 Å². The zero-order valence-electron chi connectivity index (χ0n) is 15.9. The van der Waals surface area contributed by atoms with Gasteiger partial charge in [-0.3, -0.25) is 9.59 Å². The first-order valence-corrected chi connectivity index (χ1v) is 9.25. The lowest BCUT2D eigenvalue weighted by molar-refractivity contribution is -0.124. The molecular formula is C22H23N3O3. The highest BCUT2D eigenvalue weighted by molar-refractivity contribution is 5.95. The summed E-state index contributed by atoms with van der Waals surface area (Å²) < 4.78 is 0. The number of nitrogens with one attached hydrogen (secondary N) is 1. The first kappa shape index (κ1) is 19.5. The Morgan fingerprint density at radius 1 is 1.14 bits per heavy atom. The maximum atomic E-state index is 12.5. The van der Waals surface area contributed by atoms with Crippen LogP contribution in [0.3, 0.4) is 0 Å². The summed E-state index contributed by atoms with van der Waals surface area (Å²) >= 11 is 0. The molecule has 0 unspecified atom stereocenters.